The third-order valence-corrected chi connectivity index (χ3v) is 2.30. The molecule has 0 aromatic carbocycles. The van der Waals surface area contributed by atoms with Crippen molar-refractivity contribution in [3.8, 4) is 0 Å². The van der Waals surface area contributed by atoms with E-state index in [1.54, 1.807) is 0 Å². The van der Waals surface area contributed by atoms with Crippen LogP contribution in [0, 0.1) is 5.92 Å². The summed E-state index contributed by atoms with van der Waals surface area (Å²) in [7, 11) is 0. The van der Waals surface area contributed by atoms with Gasteiger partial charge in [-0.3, -0.25) is 4.79 Å². The van der Waals surface area contributed by atoms with E-state index in [-0.39, 0.29) is 11.6 Å². The molecule has 0 aliphatic carbocycles. The Morgan fingerprint density at radius 1 is 1.47 bits per heavy atom. The van der Waals surface area contributed by atoms with Crippen LogP contribution in [0.15, 0.2) is 12.3 Å². The highest BCUT2D eigenvalue weighted by Gasteiger charge is 2.20. The van der Waals surface area contributed by atoms with Gasteiger partial charge in [-0.2, -0.15) is 5.10 Å². The molecule has 1 amide bonds. The second kappa shape index (κ2) is 5.47. The lowest BCUT2D eigenvalue weighted by Gasteiger charge is -2.12. The Morgan fingerprint density at radius 3 is 2.65 bits per heavy atom. The average Bonchev–Trinajstić information content (AvgIpc) is 2.73. The first-order chi connectivity index (χ1) is 7.93. The highest BCUT2D eigenvalue weighted by atomic mass is 16.4. The van der Waals surface area contributed by atoms with Gasteiger partial charge in [-0.05, 0) is 18.9 Å². The zero-order valence-electron chi connectivity index (χ0n) is 10.2. The predicted octanol–water partition coefficient (Wildman–Crippen LogP) is 0.915. The Bertz CT molecular complexity index is 412. The number of carboxylic acids is 1. The van der Waals surface area contributed by atoms with Gasteiger partial charge in [0.15, 0.2) is 0 Å². The van der Waals surface area contributed by atoms with Crippen molar-refractivity contribution in [2.45, 2.75) is 26.8 Å². The Hall–Kier alpha value is -1.85. The maximum Gasteiger partial charge on any atom is 0.328 e. The van der Waals surface area contributed by atoms with E-state index >= 15 is 0 Å². The van der Waals surface area contributed by atoms with Gasteiger partial charge in [-0.1, -0.05) is 13.8 Å². The maximum atomic E-state index is 11.8. The first-order valence-corrected chi connectivity index (χ1v) is 5.48. The number of hydrogen-bond donors (Lipinski definition) is 2. The largest absolute Gasteiger partial charge is 0.480 e. The molecule has 0 radical (unpaired) electrons. The minimum atomic E-state index is -1.02. The van der Waals surface area contributed by atoms with Gasteiger partial charge in [-0.25, -0.2) is 9.48 Å². The van der Waals surface area contributed by atoms with E-state index in [1.807, 2.05) is 13.8 Å². The zero-order chi connectivity index (χ0) is 13.0. The van der Waals surface area contributed by atoms with Crippen LogP contribution in [0.2, 0.25) is 0 Å². The van der Waals surface area contributed by atoms with Crippen LogP contribution < -0.4 is 5.32 Å². The molecule has 1 atom stereocenters. The summed E-state index contributed by atoms with van der Waals surface area (Å²) in [5, 5.41) is 15.5. The van der Waals surface area contributed by atoms with E-state index in [9.17, 15) is 9.59 Å². The molecule has 0 spiro atoms. The highest BCUT2D eigenvalue weighted by molar-refractivity contribution is 5.93. The first-order valence-electron chi connectivity index (χ1n) is 5.48. The van der Waals surface area contributed by atoms with Gasteiger partial charge in [0, 0.05) is 12.7 Å². The van der Waals surface area contributed by atoms with Crippen LogP contribution >= 0.6 is 0 Å². The van der Waals surface area contributed by atoms with Crippen LogP contribution in [-0.4, -0.2) is 33.3 Å². The Labute approximate surface area is 99.6 Å². The van der Waals surface area contributed by atoms with Crippen molar-refractivity contribution in [1.29, 1.82) is 0 Å². The lowest BCUT2D eigenvalue weighted by Crippen LogP contribution is -2.31. The summed E-state index contributed by atoms with van der Waals surface area (Å²) in [6.45, 7) is 5.99. The molecule has 0 fully saturated rings. The molecule has 6 nitrogen and oxygen atoms in total. The minimum absolute atomic E-state index is 0.264. The molecule has 17 heavy (non-hydrogen) atoms. The molecule has 0 saturated carbocycles. The molecule has 0 aliphatic rings. The van der Waals surface area contributed by atoms with E-state index in [0.29, 0.717) is 12.5 Å². The van der Waals surface area contributed by atoms with E-state index < -0.39 is 12.0 Å². The zero-order valence-corrected chi connectivity index (χ0v) is 10.2. The SMILES string of the molecule is CC(C)CNC(=O)c1ccnn1C(C)C(=O)O. The quantitative estimate of drug-likeness (QED) is 0.800. The van der Waals surface area contributed by atoms with Crippen molar-refractivity contribution >= 4 is 11.9 Å². The third-order valence-electron chi connectivity index (χ3n) is 2.30. The molecule has 1 rings (SSSR count). The van der Waals surface area contributed by atoms with Crippen LogP contribution in [0.3, 0.4) is 0 Å². The van der Waals surface area contributed by atoms with Crippen molar-refractivity contribution in [1.82, 2.24) is 15.1 Å². The molecular formula is C11H17N3O3. The number of aliphatic carboxylic acids is 1. The normalized spacial score (nSPS) is 12.5. The van der Waals surface area contributed by atoms with Crippen LogP contribution in [0.5, 0.6) is 0 Å². The van der Waals surface area contributed by atoms with Gasteiger partial charge < -0.3 is 10.4 Å². The molecule has 2 N–H and O–H groups in total. The fraction of sp³-hybridized carbons (Fsp3) is 0.545. The summed E-state index contributed by atoms with van der Waals surface area (Å²) in [6.07, 6.45) is 1.42. The Kier molecular flexibility index (Phi) is 4.25. The van der Waals surface area contributed by atoms with Gasteiger partial charge in [0.05, 0.1) is 0 Å². The second-order valence-corrected chi connectivity index (χ2v) is 4.28. The lowest BCUT2D eigenvalue weighted by atomic mass is 10.2. The summed E-state index contributed by atoms with van der Waals surface area (Å²) >= 11 is 0. The van der Waals surface area contributed by atoms with Gasteiger partial charge in [0.25, 0.3) is 5.91 Å². The topological polar surface area (TPSA) is 84.2 Å². The number of amides is 1. The molecular weight excluding hydrogens is 222 g/mol. The number of carbonyl (C=O) groups is 2. The van der Waals surface area contributed by atoms with Gasteiger partial charge in [-0.15, -0.1) is 0 Å². The number of hydrogen-bond acceptors (Lipinski definition) is 3. The van der Waals surface area contributed by atoms with E-state index in [4.69, 9.17) is 5.11 Å². The lowest BCUT2D eigenvalue weighted by molar-refractivity contribution is -0.140. The van der Waals surface area contributed by atoms with E-state index in [1.165, 1.54) is 23.9 Å². The van der Waals surface area contributed by atoms with Gasteiger partial charge in [0.1, 0.15) is 11.7 Å². The number of nitrogens with zero attached hydrogens (tertiary/aromatic N) is 2. The van der Waals surface area contributed by atoms with Crippen LogP contribution in [-0.2, 0) is 4.79 Å². The smallest absolute Gasteiger partial charge is 0.328 e. The molecule has 1 heterocycles. The first kappa shape index (κ1) is 13.2. The Morgan fingerprint density at radius 2 is 2.12 bits per heavy atom. The van der Waals surface area contributed by atoms with Crippen molar-refractivity contribution in [2.24, 2.45) is 5.92 Å². The summed E-state index contributed by atoms with van der Waals surface area (Å²) in [5.74, 6) is -0.983. The molecule has 0 bridgehead atoms. The number of nitrogens with one attached hydrogen (secondary N) is 1. The highest BCUT2D eigenvalue weighted by Crippen LogP contribution is 2.09. The van der Waals surface area contributed by atoms with Crippen LogP contribution in [0.1, 0.15) is 37.3 Å². The molecule has 1 unspecified atom stereocenters. The molecule has 0 saturated heterocycles. The summed E-state index contributed by atoms with van der Waals surface area (Å²) < 4.78 is 1.21. The van der Waals surface area contributed by atoms with E-state index in [0.717, 1.165) is 0 Å². The molecule has 1 aromatic heterocycles. The van der Waals surface area contributed by atoms with E-state index in [2.05, 4.69) is 10.4 Å². The number of aromatic nitrogens is 2. The van der Waals surface area contributed by atoms with Gasteiger partial charge >= 0.3 is 5.97 Å². The standard InChI is InChI=1S/C11H17N3O3/c1-7(2)6-12-10(15)9-4-5-13-14(9)8(3)11(16)17/h4-5,7-8H,6H2,1-3H3,(H,12,15)(H,16,17). The van der Waals surface area contributed by atoms with Crippen molar-refractivity contribution in [3.05, 3.63) is 18.0 Å². The Balaban J connectivity index is 2.81. The summed E-state index contributed by atoms with van der Waals surface area (Å²) in [6, 6.07) is 0.652. The summed E-state index contributed by atoms with van der Waals surface area (Å²) in [5.41, 5.74) is 0.264. The third kappa shape index (κ3) is 3.30. The number of carbonyl (C=O) groups excluding carboxylic acids is 1. The average molecular weight is 239 g/mol. The molecule has 1 aromatic rings. The second-order valence-electron chi connectivity index (χ2n) is 4.28. The number of carboxylic acid groups (broad SMARTS) is 1. The fourth-order valence-corrected chi connectivity index (χ4v) is 1.29. The number of rotatable bonds is 5. The fourth-order valence-electron chi connectivity index (χ4n) is 1.29. The molecule has 6 heteroatoms. The van der Waals surface area contributed by atoms with Crippen molar-refractivity contribution in [3.63, 3.8) is 0 Å². The van der Waals surface area contributed by atoms with Gasteiger partial charge in [0.2, 0.25) is 0 Å². The maximum absolute atomic E-state index is 11.8. The predicted molar refractivity (Wildman–Crippen MR) is 61.7 cm³/mol. The van der Waals surface area contributed by atoms with Crippen LogP contribution in [0.4, 0.5) is 0 Å². The summed E-state index contributed by atoms with van der Waals surface area (Å²) in [4.78, 5) is 22.6. The molecule has 94 valence electrons. The van der Waals surface area contributed by atoms with Crippen molar-refractivity contribution in [2.75, 3.05) is 6.54 Å². The van der Waals surface area contributed by atoms with Crippen molar-refractivity contribution < 1.29 is 14.7 Å². The van der Waals surface area contributed by atoms with Crippen LogP contribution in [0.25, 0.3) is 0 Å². The molecule has 0 aliphatic heterocycles. The monoisotopic (exact) mass is 239 g/mol. The minimum Gasteiger partial charge on any atom is -0.480 e.